The molecule has 16 heavy (non-hydrogen) atoms. The van der Waals surface area contributed by atoms with E-state index < -0.39 is 0 Å². The highest BCUT2D eigenvalue weighted by Gasteiger charge is 2.04. The third-order valence-electron chi connectivity index (χ3n) is 2.39. The number of hydrogen-bond donors (Lipinski definition) is 1. The van der Waals surface area contributed by atoms with Gasteiger partial charge in [0, 0.05) is 0 Å². The number of rotatable bonds is 2. The van der Waals surface area contributed by atoms with Crippen LogP contribution in [0.5, 0.6) is 0 Å². The predicted octanol–water partition coefficient (Wildman–Crippen LogP) is 0.620. The van der Waals surface area contributed by atoms with Crippen LogP contribution in [0, 0.1) is 0 Å². The molecule has 0 amide bonds. The lowest BCUT2D eigenvalue weighted by atomic mass is 10.2. The Kier molecular flexibility index (Phi) is 3.27. The molecule has 3 nitrogen and oxygen atoms in total. The standard InChI is InChI=1S/C13H15N3/c1-3-6-12-15-11-8-5-4-7-10(11)9-13(14-2)16-12/h3-9,13-14H,1-2H3/b6-3+. The first-order chi connectivity index (χ1) is 7.83. The summed E-state index contributed by atoms with van der Waals surface area (Å²) in [7, 11) is 1.89. The SMILES string of the molecule is C/C=C/C1=NC(NC)C=c2ccccc2=N1. The zero-order valence-electron chi connectivity index (χ0n) is 9.51. The third-order valence-corrected chi connectivity index (χ3v) is 2.39. The molecule has 1 heterocycles. The number of aliphatic imine (C=N–C) groups is 1. The van der Waals surface area contributed by atoms with Crippen molar-refractivity contribution in [2.75, 3.05) is 7.05 Å². The van der Waals surface area contributed by atoms with E-state index in [1.54, 1.807) is 0 Å². The molecule has 0 fully saturated rings. The zero-order chi connectivity index (χ0) is 11.4. The van der Waals surface area contributed by atoms with Gasteiger partial charge in [0.2, 0.25) is 0 Å². The maximum absolute atomic E-state index is 4.52. The lowest BCUT2D eigenvalue weighted by Crippen LogP contribution is -2.28. The molecular weight excluding hydrogens is 198 g/mol. The Hall–Kier alpha value is -1.74. The van der Waals surface area contributed by atoms with Crippen molar-refractivity contribution in [2.45, 2.75) is 13.1 Å². The van der Waals surface area contributed by atoms with E-state index in [0.29, 0.717) is 0 Å². The smallest absolute Gasteiger partial charge is 0.149 e. The summed E-state index contributed by atoms with van der Waals surface area (Å²) in [6, 6.07) is 8.06. The van der Waals surface area contributed by atoms with E-state index in [1.807, 2.05) is 44.3 Å². The second-order valence-electron chi connectivity index (χ2n) is 3.56. The van der Waals surface area contributed by atoms with Crippen molar-refractivity contribution in [3.8, 4) is 0 Å². The summed E-state index contributed by atoms with van der Waals surface area (Å²) < 4.78 is 0. The molecule has 1 aromatic carbocycles. The Morgan fingerprint density at radius 2 is 2.12 bits per heavy atom. The van der Waals surface area contributed by atoms with Gasteiger partial charge in [-0.2, -0.15) is 0 Å². The van der Waals surface area contributed by atoms with Crippen molar-refractivity contribution in [3.63, 3.8) is 0 Å². The molecule has 2 rings (SSSR count). The molecule has 0 aliphatic carbocycles. The van der Waals surface area contributed by atoms with Crippen LogP contribution >= 0.6 is 0 Å². The van der Waals surface area contributed by atoms with E-state index in [1.165, 1.54) is 0 Å². The highest BCUT2D eigenvalue weighted by Crippen LogP contribution is 1.95. The van der Waals surface area contributed by atoms with Gasteiger partial charge < -0.3 is 0 Å². The van der Waals surface area contributed by atoms with Crippen molar-refractivity contribution < 1.29 is 0 Å². The van der Waals surface area contributed by atoms with Crippen molar-refractivity contribution >= 4 is 11.9 Å². The summed E-state index contributed by atoms with van der Waals surface area (Å²) in [4.78, 5) is 9.01. The van der Waals surface area contributed by atoms with Gasteiger partial charge >= 0.3 is 0 Å². The largest absolute Gasteiger partial charge is 0.295 e. The minimum absolute atomic E-state index is 0.0152. The fourth-order valence-corrected chi connectivity index (χ4v) is 1.61. The summed E-state index contributed by atoms with van der Waals surface area (Å²) >= 11 is 0. The quantitative estimate of drug-likeness (QED) is 0.768. The van der Waals surface area contributed by atoms with Gasteiger partial charge in [-0.15, -0.1) is 0 Å². The van der Waals surface area contributed by atoms with Crippen molar-refractivity contribution in [1.82, 2.24) is 5.32 Å². The lowest BCUT2D eigenvalue weighted by molar-refractivity contribution is 0.731. The average Bonchev–Trinajstić information content (AvgIpc) is 2.48. The molecule has 1 aliphatic heterocycles. The first-order valence-electron chi connectivity index (χ1n) is 5.37. The molecule has 3 heteroatoms. The van der Waals surface area contributed by atoms with Gasteiger partial charge in [-0.3, -0.25) is 5.32 Å². The van der Waals surface area contributed by atoms with E-state index in [2.05, 4.69) is 27.4 Å². The molecule has 0 aromatic heterocycles. The minimum atomic E-state index is -0.0152. The van der Waals surface area contributed by atoms with E-state index in [9.17, 15) is 0 Å². The Morgan fingerprint density at radius 3 is 2.88 bits per heavy atom. The van der Waals surface area contributed by atoms with Crippen LogP contribution < -0.4 is 15.9 Å². The number of nitrogens with one attached hydrogen (secondary N) is 1. The maximum atomic E-state index is 4.52. The van der Waals surface area contributed by atoms with Crippen LogP contribution in [0.25, 0.3) is 6.08 Å². The van der Waals surface area contributed by atoms with E-state index in [-0.39, 0.29) is 6.17 Å². The molecule has 1 atom stereocenters. The van der Waals surface area contributed by atoms with Gasteiger partial charge in [0.05, 0.1) is 5.36 Å². The summed E-state index contributed by atoms with van der Waals surface area (Å²) in [5.41, 5.74) is 0. The van der Waals surface area contributed by atoms with Gasteiger partial charge in [0.1, 0.15) is 12.0 Å². The first-order valence-corrected chi connectivity index (χ1v) is 5.37. The van der Waals surface area contributed by atoms with E-state index in [4.69, 9.17) is 0 Å². The molecule has 0 bridgehead atoms. The Bertz CT molecular complexity index is 541. The molecule has 0 spiro atoms. The monoisotopic (exact) mass is 213 g/mol. The van der Waals surface area contributed by atoms with Gasteiger partial charge in [0.25, 0.3) is 0 Å². The molecule has 1 aliphatic rings. The van der Waals surface area contributed by atoms with Crippen LogP contribution in [-0.2, 0) is 0 Å². The number of nitrogens with zero attached hydrogens (tertiary/aromatic N) is 2. The molecule has 0 saturated carbocycles. The number of amidine groups is 1. The van der Waals surface area contributed by atoms with Crippen LogP contribution in [0.1, 0.15) is 6.92 Å². The van der Waals surface area contributed by atoms with Crippen molar-refractivity contribution in [2.24, 2.45) is 9.98 Å². The highest BCUT2D eigenvalue weighted by atomic mass is 15.1. The van der Waals surface area contributed by atoms with Crippen LogP contribution in [0.15, 0.2) is 46.4 Å². The third kappa shape index (κ3) is 2.25. The molecule has 1 unspecified atom stereocenters. The summed E-state index contributed by atoms with van der Waals surface area (Å²) in [5.74, 6) is 0.753. The summed E-state index contributed by atoms with van der Waals surface area (Å²) in [5, 5.41) is 5.22. The second-order valence-corrected chi connectivity index (χ2v) is 3.56. The van der Waals surface area contributed by atoms with Crippen LogP contribution in [0.2, 0.25) is 0 Å². The van der Waals surface area contributed by atoms with Crippen molar-refractivity contribution in [1.29, 1.82) is 0 Å². The normalized spacial score (nSPS) is 19.4. The van der Waals surface area contributed by atoms with Gasteiger partial charge in [-0.05, 0) is 37.4 Å². The average molecular weight is 213 g/mol. The van der Waals surface area contributed by atoms with Gasteiger partial charge in [0.15, 0.2) is 0 Å². The minimum Gasteiger partial charge on any atom is -0.295 e. The predicted molar refractivity (Wildman–Crippen MR) is 66.8 cm³/mol. The number of hydrogen-bond acceptors (Lipinski definition) is 3. The van der Waals surface area contributed by atoms with Crippen LogP contribution in [0.4, 0.5) is 0 Å². The van der Waals surface area contributed by atoms with Crippen LogP contribution in [-0.4, -0.2) is 19.0 Å². The highest BCUT2D eigenvalue weighted by molar-refractivity contribution is 5.94. The lowest BCUT2D eigenvalue weighted by Gasteiger charge is -2.04. The van der Waals surface area contributed by atoms with E-state index in [0.717, 1.165) is 16.4 Å². The Balaban J connectivity index is 2.62. The zero-order valence-corrected chi connectivity index (χ0v) is 9.51. The molecule has 1 aromatic rings. The number of benzene rings is 1. The van der Waals surface area contributed by atoms with Crippen molar-refractivity contribution in [3.05, 3.63) is 47.0 Å². The number of para-hydroxylation sites is 1. The second kappa shape index (κ2) is 4.86. The Morgan fingerprint density at radius 1 is 1.31 bits per heavy atom. The number of fused-ring (bicyclic) bond motifs is 1. The molecule has 0 saturated heterocycles. The van der Waals surface area contributed by atoms with E-state index >= 15 is 0 Å². The number of allylic oxidation sites excluding steroid dienone is 1. The molecule has 0 radical (unpaired) electrons. The van der Waals surface area contributed by atoms with Gasteiger partial charge in [-0.1, -0.05) is 24.3 Å². The maximum Gasteiger partial charge on any atom is 0.149 e. The first kappa shape index (κ1) is 10.8. The van der Waals surface area contributed by atoms with Crippen LogP contribution in [0.3, 0.4) is 0 Å². The fourth-order valence-electron chi connectivity index (χ4n) is 1.61. The molecule has 82 valence electrons. The van der Waals surface area contributed by atoms with Gasteiger partial charge in [-0.25, -0.2) is 9.98 Å². The fraction of sp³-hybridized carbons (Fsp3) is 0.231. The summed E-state index contributed by atoms with van der Waals surface area (Å²) in [6.45, 7) is 1.97. The molecule has 1 N–H and O–H groups in total. The molecular formula is C13H15N3. The topological polar surface area (TPSA) is 36.8 Å². The Labute approximate surface area is 94.9 Å². The summed E-state index contributed by atoms with van der Waals surface area (Å²) in [6.07, 6.45) is 5.93.